The third-order valence-electron chi connectivity index (χ3n) is 5.06. The number of rotatable bonds is 4. The van der Waals surface area contributed by atoms with Crippen LogP contribution in [0.4, 0.5) is 0 Å². The molecule has 3 rings (SSSR count). The van der Waals surface area contributed by atoms with Crippen LogP contribution in [-0.2, 0) is 17.9 Å². The Bertz CT molecular complexity index is 470. The highest BCUT2D eigenvalue weighted by molar-refractivity contribution is 5.79. The first-order valence-corrected chi connectivity index (χ1v) is 8.34. The van der Waals surface area contributed by atoms with Crippen molar-refractivity contribution in [3.05, 3.63) is 23.8 Å². The average molecular weight is 287 g/mol. The van der Waals surface area contributed by atoms with Crippen LogP contribution in [0.1, 0.15) is 63.1 Å². The Morgan fingerprint density at radius 3 is 2.81 bits per heavy atom. The zero-order chi connectivity index (χ0) is 14.7. The molecule has 2 aliphatic rings. The Hall–Kier alpha value is -1.45. The van der Waals surface area contributed by atoms with Gasteiger partial charge in [-0.2, -0.15) is 0 Å². The molecule has 1 aliphatic heterocycles. The number of carbonyl (C=O) groups is 1. The number of nitrogens with zero attached hydrogens (tertiary/aromatic N) is 3. The van der Waals surface area contributed by atoms with Gasteiger partial charge in [0.25, 0.3) is 0 Å². The molecule has 114 valence electrons. The van der Waals surface area contributed by atoms with Crippen molar-refractivity contribution in [3.63, 3.8) is 0 Å². The van der Waals surface area contributed by atoms with Gasteiger partial charge in [0.05, 0.1) is 12.2 Å². The SMILES string of the molecule is CCCCC1CCC(C(=O)N2Cc3cncnc3C2)CC1. The minimum atomic E-state index is 0.241. The Kier molecular flexibility index (Phi) is 4.51. The number of fused-ring (bicyclic) bond motifs is 1. The molecular weight excluding hydrogens is 262 g/mol. The fraction of sp³-hybridized carbons (Fsp3) is 0.706. The Labute approximate surface area is 127 Å². The molecular formula is C17H25N3O. The maximum absolute atomic E-state index is 12.7. The molecule has 0 N–H and O–H groups in total. The minimum Gasteiger partial charge on any atom is -0.332 e. The Morgan fingerprint density at radius 2 is 2.10 bits per heavy atom. The number of carbonyl (C=O) groups excluding carboxylic acids is 1. The summed E-state index contributed by atoms with van der Waals surface area (Å²) in [5, 5.41) is 0. The summed E-state index contributed by atoms with van der Waals surface area (Å²) in [5.74, 6) is 1.43. The highest BCUT2D eigenvalue weighted by Crippen LogP contribution is 2.34. The topological polar surface area (TPSA) is 46.1 Å². The van der Waals surface area contributed by atoms with Crippen molar-refractivity contribution >= 4 is 5.91 Å². The lowest BCUT2D eigenvalue weighted by molar-refractivity contribution is -0.137. The molecule has 1 aromatic heterocycles. The largest absolute Gasteiger partial charge is 0.332 e. The number of unbranched alkanes of at least 4 members (excludes halogenated alkanes) is 1. The lowest BCUT2D eigenvalue weighted by atomic mass is 9.79. The molecule has 4 heteroatoms. The van der Waals surface area contributed by atoms with E-state index < -0.39 is 0 Å². The molecule has 0 bridgehead atoms. The molecule has 1 aromatic rings. The molecule has 0 atom stereocenters. The van der Waals surface area contributed by atoms with E-state index in [4.69, 9.17) is 0 Å². The summed E-state index contributed by atoms with van der Waals surface area (Å²) >= 11 is 0. The molecule has 0 spiro atoms. The zero-order valence-electron chi connectivity index (χ0n) is 12.9. The van der Waals surface area contributed by atoms with Crippen molar-refractivity contribution in [2.24, 2.45) is 11.8 Å². The van der Waals surface area contributed by atoms with Gasteiger partial charge in [-0.15, -0.1) is 0 Å². The third kappa shape index (κ3) is 3.25. The molecule has 1 aliphatic carbocycles. The summed E-state index contributed by atoms with van der Waals surface area (Å²) < 4.78 is 0. The second-order valence-corrected chi connectivity index (χ2v) is 6.55. The van der Waals surface area contributed by atoms with Crippen molar-refractivity contribution in [3.8, 4) is 0 Å². The van der Waals surface area contributed by atoms with Crippen LogP contribution in [0.25, 0.3) is 0 Å². The van der Waals surface area contributed by atoms with Gasteiger partial charge in [0.2, 0.25) is 5.91 Å². The van der Waals surface area contributed by atoms with E-state index in [2.05, 4.69) is 16.9 Å². The fourth-order valence-corrected chi connectivity index (χ4v) is 3.71. The summed E-state index contributed by atoms with van der Waals surface area (Å²) in [5.41, 5.74) is 2.14. The van der Waals surface area contributed by atoms with E-state index in [1.54, 1.807) is 6.33 Å². The number of hydrogen-bond acceptors (Lipinski definition) is 3. The lowest BCUT2D eigenvalue weighted by Gasteiger charge is -2.30. The van der Waals surface area contributed by atoms with Crippen LogP contribution in [0, 0.1) is 11.8 Å². The van der Waals surface area contributed by atoms with E-state index in [-0.39, 0.29) is 5.92 Å². The molecule has 2 heterocycles. The highest BCUT2D eigenvalue weighted by Gasteiger charge is 2.32. The van der Waals surface area contributed by atoms with Crippen molar-refractivity contribution in [1.82, 2.24) is 14.9 Å². The quantitative estimate of drug-likeness (QED) is 0.853. The predicted octanol–water partition coefficient (Wildman–Crippen LogP) is 3.32. The van der Waals surface area contributed by atoms with E-state index in [0.29, 0.717) is 19.0 Å². The molecule has 21 heavy (non-hydrogen) atoms. The van der Waals surface area contributed by atoms with Gasteiger partial charge in [-0.25, -0.2) is 9.97 Å². The first-order valence-electron chi connectivity index (χ1n) is 8.34. The summed E-state index contributed by atoms with van der Waals surface area (Å²) in [6.07, 6.45) is 12.0. The van der Waals surface area contributed by atoms with Crippen LogP contribution in [0.2, 0.25) is 0 Å². The van der Waals surface area contributed by atoms with Crippen LogP contribution in [0.3, 0.4) is 0 Å². The van der Waals surface area contributed by atoms with Gasteiger partial charge in [-0.05, 0) is 31.6 Å². The van der Waals surface area contributed by atoms with Gasteiger partial charge in [0, 0.05) is 24.2 Å². The number of amides is 1. The van der Waals surface area contributed by atoms with Crippen LogP contribution >= 0.6 is 0 Å². The Morgan fingerprint density at radius 1 is 1.29 bits per heavy atom. The van der Waals surface area contributed by atoms with Gasteiger partial charge < -0.3 is 4.90 Å². The highest BCUT2D eigenvalue weighted by atomic mass is 16.2. The fourth-order valence-electron chi connectivity index (χ4n) is 3.71. The van der Waals surface area contributed by atoms with E-state index in [9.17, 15) is 4.79 Å². The third-order valence-corrected chi connectivity index (χ3v) is 5.06. The summed E-state index contributed by atoms with van der Waals surface area (Å²) in [4.78, 5) is 23.0. The molecule has 0 aromatic carbocycles. The molecule has 0 saturated heterocycles. The number of hydrogen-bond donors (Lipinski definition) is 0. The van der Waals surface area contributed by atoms with E-state index in [1.807, 2.05) is 11.1 Å². The van der Waals surface area contributed by atoms with Gasteiger partial charge in [-0.3, -0.25) is 4.79 Å². The monoisotopic (exact) mass is 287 g/mol. The molecule has 1 amide bonds. The maximum Gasteiger partial charge on any atom is 0.226 e. The minimum absolute atomic E-state index is 0.241. The van der Waals surface area contributed by atoms with Gasteiger partial charge in [-0.1, -0.05) is 26.2 Å². The van der Waals surface area contributed by atoms with Gasteiger partial charge >= 0.3 is 0 Å². The van der Waals surface area contributed by atoms with Gasteiger partial charge in [0.15, 0.2) is 0 Å². The van der Waals surface area contributed by atoms with Gasteiger partial charge in [0.1, 0.15) is 6.33 Å². The maximum atomic E-state index is 12.7. The van der Waals surface area contributed by atoms with Crippen LogP contribution in [0.5, 0.6) is 0 Å². The standard InChI is InChI=1S/C17H25N3O/c1-2-3-4-13-5-7-14(8-6-13)17(21)20-10-15-9-18-12-19-16(15)11-20/h9,12-14H,2-8,10-11H2,1H3. The smallest absolute Gasteiger partial charge is 0.226 e. The summed E-state index contributed by atoms with van der Waals surface area (Å²) in [7, 11) is 0. The molecule has 0 unspecified atom stereocenters. The van der Waals surface area contributed by atoms with Crippen molar-refractivity contribution < 1.29 is 4.79 Å². The number of aromatic nitrogens is 2. The van der Waals surface area contributed by atoms with Crippen molar-refractivity contribution in [2.75, 3.05) is 0 Å². The molecule has 1 saturated carbocycles. The van der Waals surface area contributed by atoms with E-state index >= 15 is 0 Å². The normalized spacial score (nSPS) is 24.9. The van der Waals surface area contributed by atoms with Crippen molar-refractivity contribution in [2.45, 2.75) is 65.0 Å². The summed E-state index contributed by atoms with van der Waals surface area (Å²) in [6, 6.07) is 0. The average Bonchev–Trinajstić information content (AvgIpc) is 2.96. The van der Waals surface area contributed by atoms with Crippen LogP contribution in [-0.4, -0.2) is 20.8 Å². The predicted molar refractivity (Wildman–Crippen MR) is 81.3 cm³/mol. The first kappa shape index (κ1) is 14.5. The van der Waals surface area contributed by atoms with Crippen LogP contribution in [0.15, 0.2) is 12.5 Å². The molecule has 1 fully saturated rings. The van der Waals surface area contributed by atoms with Crippen molar-refractivity contribution in [1.29, 1.82) is 0 Å². The van der Waals surface area contributed by atoms with Crippen LogP contribution < -0.4 is 0 Å². The van der Waals surface area contributed by atoms with E-state index in [1.165, 1.54) is 32.1 Å². The molecule has 0 radical (unpaired) electrons. The lowest BCUT2D eigenvalue weighted by Crippen LogP contribution is -2.34. The first-order chi connectivity index (χ1) is 10.3. The second kappa shape index (κ2) is 6.54. The van der Waals surface area contributed by atoms with E-state index in [0.717, 1.165) is 30.0 Å². The zero-order valence-corrected chi connectivity index (χ0v) is 12.9. The second-order valence-electron chi connectivity index (χ2n) is 6.55. The Balaban J connectivity index is 1.52. The molecule has 4 nitrogen and oxygen atoms in total. The summed E-state index contributed by atoms with van der Waals surface area (Å²) in [6.45, 7) is 3.63.